The van der Waals surface area contributed by atoms with E-state index in [-0.39, 0.29) is 5.91 Å². The Labute approximate surface area is 153 Å². The highest BCUT2D eigenvalue weighted by Gasteiger charge is 2.26. The van der Waals surface area contributed by atoms with Crippen LogP contribution in [0.1, 0.15) is 16.2 Å². The van der Waals surface area contributed by atoms with Crippen molar-refractivity contribution in [1.82, 2.24) is 29.6 Å². The summed E-state index contributed by atoms with van der Waals surface area (Å²) in [5.74, 6) is 1.25. The fourth-order valence-corrected chi connectivity index (χ4v) is 3.04. The number of carbonyl (C=O) groups is 1. The average Bonchev–Trinajstić information content (AvgIpc) is 3.07. The molecule has 7 nitrogen and oxygen atoms in total. The monoisotopic (exact) mass is 374 g/mol. The maximum atomic E-state index is 12.7. The molecule has 2 aromatic heterocycles. The van der Waals surface area contributed by atoms with Gasteiger partial charge in [-0.15, -0.1) is 10.2 Å². The molecule has 0 radical (unpaired) electrons. The predicted octanol–water partition coefficient (Wildman–Crippen LogP) is 2.70. The number of amides is 1. The van der Waals surface area contributed by atoms with Gasteiger partial charge in [0.25, 0.3) is 5.91 Å². The number of rotatable bonds is 2. The normalized spacial score (nSPS) is 13.6. The lowest BCUT2D eigenvalue weighted by Crippen LogP contribution is -2.38. The molecule has 0 atom stereocenters. The Morgan fingerprint density at radius 1 is 1.08 bits per heavy atom. The third-order valence-corrected chi connectivity index (χ3v) is 4.74. The van der Waals surface area contributed by atoms with Crippen molar-refractivity contribution in [3.05, 3.63) is 58.2 Å². The van der Waals surface area contributed by atoms with Gasteiger partial charge < -0.3 is 9.47 Å². The lowest BCUT2D eigenvalue weighted by Gasteiger charge is -2.28. The van der Waals surface area contributed by atoms with Crippen LogP contribution in [0.15, 0.2) is 36.8 Å². The highest BCUT2D eigenvalue weighted by atomic mass is 35.5. The van der Waals surface area contributed by atoms with Crippen molar-refractivity contribution in [2.45, 2.75) is 13.1 Å². The van der Waals surface area contributed by atoms with E-state index in [0.717, 1.165) is 0 Å². The Hall–Kier alpha value is -2.51. The molecule has 9 heteroatoms. The van der Waals surface area contributed by atoms with E-state index in [1.807, 2.05) is 4.57 Å². The quantitative estimate of drug-likeness (QED) is 0.688. The second kappa shape index (κ2) is 6.42. The Bertz CT molecular complexity index is 943. The zero-order valence-electron chi connectivity index (χ0n) is 12.9. The van der Waals surface area contributed by atoms with Crippen LogP contribution in [-0.4, -0.2) is 42.1 Å². The number of hydrogen-bond donors (Lipinski definition) is 0. The van der Waals surface area contributed by atoms with Gasteiger partial charge >= 0.3 is 0 Å². The molecule has 126 valence electrons. The largest absolute Gasteiger partial charge is 0.329 e. The molecule has 25 heavy (non-hydrogen) atoms. The van der Waals surface area contributed by atoms with Gasteiger partial charge in [-0.2, -0.15) is 0 Å². The summed E-state index contributed by atoms with van der Waals surface area (Å²) in [6.07, 6.45) is 4.86. The molecule has 1 aliphatic heterocycles. The van der Waals surface area contributed by atoms with Crippen molar-refractivity contribution < 1.29 is 4.79 Å². The third-order valence-electron chi connectivity index (χ3n) is 4.00. The van der Waals surface area contributed by atoms with Crippen LogP contribution in [0.3, 0.4) is 0 Å². The van der Waals surface area contributed by atoms with E-state index in [2.05, 4.69) is 20.2 Å². The number of nitrogens with zero attached hydrogens (tertiary/aromatic N) is 6. The molecule has 1 aromatic carbocycles. The minimum atomic E-state index is -0.117. The van der Waals surface area contributed by atoms with E-state index in [9.17, 15) is 4.79 Å². The van der Waals surface area contributed by atoms with E-state index in [1.54, 1.807) is 41.7 Å². The lowest BCUT2D eigenvalue weighted by molar-refractivity contribution is 0.0708. The smallest absolute Gasteiger partial charge is 0.254 e. The van der Waals surface area contributed by atoms with Crippen molar-refractivity contribution in [3.63, 3.8) is 0 Å². The molecule has 0 N–H and O–H groups in total. The average molecular weight is 375 g/mol. The number of fused-ring (bicyclic) bond motifs is 1. The van der Waals surface area contributed by atoms with Gasteiger partial charge in [-0.25, -0.2) is 4.98 Å². The second-order valence-corrected chi connectivity index (χ2v) is 6.35. The first-order chi connectivity index (χ1) is 12.1. The zero-order chi connectivity index (χ0) is 17.4. The van der Waals surface area contributed by atoms with Gasteiger partial charge in [0.15, 0.2) is 11.6 Å². The van der Waals surface area contributed by atoms with Crippen LogP contribution in [0, 0.1) is 0 Å². The van der Waals surface area contributed by atoms with E-state index in [1.165, 1.54) is 0 Å². The molecule has 0 aliphatic carbocycles. The van der Waals surface area contributed by atoms with Crippen molar-refractivity contribution >= 4 is 29.1 Å². The molecule has 0 saturated carbocycles. The lowest BCUT2D eigenvalue weighted by atomic mass is 10.2. The number of benzene rings is 1. The highest BCUT2D eigenvalue weighted by Crippen LogP contribution is 2.25. The van der Waals surface area contributed by atoms with Crippen molar-refractivity contribution in [3.8, 4) is 11.5 Å². The van der Waals surface area contributed by atoms with Gasteiger partial charge in [0.05, 0.1) is 22.8 Å². The van der Waals surface area contributed by atoms with Crippen molar-refractivity contribution in [2.75, 3.05) is 6.54 Å². The van der Waals surface area contributed by atoms with Crippen LogP contribution >= 0.6 is 23.2 Å². The van der Waals surface area contributed by atoms with Gasteiger partial charge in [0, 0.05) is 31.0 Å². The first kappa shape index (κ1) is 16.0. The molecular weight excluding hydrogens is 363 g/mol. The minimum Gasteiger partial charge on any atom is -0.329 e. The van der Waals surface area contributed by atoms with Gasteiger partial charge in [-0.1, -0.05) is 23.2 Å². The number of hydrogen-bond acceptors (Lipinski definition) is 5. The summed E-state index contributed by atoms with van der Waals surface area (Å²) in [4.78, 5) is 22.7. The van der Waals surface area contributed by atoms with Crippen LogP contribution in [-0.2, 0) is 13.1 Å². The minimum absolute atomic E-state index is 0.117. The third kappa shape index (κ3) is 2.96. The summed E-state index contributed by atoms with van der Waals surface area (Å²) in [7, 11) is 0. The summed E-state index contributed by atoms with van der Waals surface area (Å²) in [6, 6.07) is 4.87. The molecule has 1 aliphatic rings. The van der Waals surface area contributed by atoms with E-state index in [4.69, 9.17) is 23.2 Å². The maximum Gasteiger partial charge on any atom is 0.254 e. The van der Waals surface area contributed by atoms with Gasteiger partial charge in [-0.3, -0.25) is 9.78 Å². The van der Waals surface area contributed by atoms with Crippen molar-refractivity contribution in [1.29, 1.82) is 0 Å². The SMILES string of the molecule is O=C(c1ccc(Cl)c(Cl)c1)N1CCn2c(nnc2-c2cnccn2)C1. The second-order valence-electron chi connectivity index (χ2n) is 5.54. The van der Waals surface area contributed by atoms with Crippen LogP contribution in [0.4, 0.5) is 0 Å². The summed E-state index contributed by atoms with van der Waals surface area (Å²) in [6.45, 7) is 1.49. The van der Waals surface area contributed by atoms with E-state index >= 15 is 0 Å². The van der Waals surface area contributed by atoms with Crippen LogP contribution in [0.25, 0.3) is 11.5 Å². The molecule has 0 spiro atoms. The standard InChI is InChI=1S/C16H12Cl2N6O/c17-11-2-1-10(7-12(11)18)16(25)23-5-6-24-14(9-23)21-22-15(24)13-8-19-3-4-20-13/h1-4,7-8H,5-6,9H2. The molecule has 0 bridgehead atoms. The van der Waals surface area contributed by atoms with Crippen LogP contribution in [0.5, 0.6) is 0 Å². The molecule has 3 aromatic rings. The molecule has 3 heterocycles. The van der Waals surface area contributed by atoms with Crippen LogP contribution < -0.4 is 0 Å². The van der Waals surface area contributed by atoms with Gasteiger partial charge in [0.2, 0.25) is 0 Å². The summed E-state index contributed by atoms with van der Waals surface area (Å²) in [5.41, 5.74) is 1.15. The Balaban J connectivity index is 1.58. The first-order valence-electron chi connectivity index (χ1n) is 7.56. The molecule has 1 amide bonds. The summed E-state index contributed by atoms with van der Waals surface area (Å²) >= 11 is 11.9. The number of halogens is 2. The van der Waals surface area contributed by atoms with Crippen molar-refractivity contribution in [2.24, 2.45) is 0 Å². The molecular formula is C16H12Cl2N6O. The topological polar surface area (TPSA) is 76.8 Å². The molecule has 4 rings (SSSR count). The zero-order valence-corrected chi connectivity index (χ0v) is 14.4. The Kier molecular flexibility index (Phi) is 4.10. The Morgan fingerprint density at radius 3 is 2.72 bits per heavy atom. The number of aromatic nitrogens is 5. The summed E-state index contributed by atoms with van der Waals surface area (Å²) < 4.78 is 1.96. The fraction of sp³-hybridized carbons (Fsp3) is 0.188. The summed E-state index contributed by atoms with van der Waals surface area (Å²) in [5, 5.41) is 9.17. The van der Waals surface area contributed by atoms with E-state index in [0.29, 0.717) is 52.6 Å². The molecule has 0 fully saturated rings. The predicted molar refractivity (Wildman–Crippen MR) is 92.3 cm³/mol. The Morgan fingerprint density at radius 2 is 1.96 bits per heavy atom. The maximum absolute atomic E-state index is 12.7. The molecule has 0 unspecified atom stereocenters. The number of carbonyl (C=O) groups excluding carboxylic acids is 1. The van der Waals surface area contributed by atoms with E-state index < -0.39 is 0 Å². The molecule has 0 saturated heterocycles. The first-order valence-corrected chi connectivity index (χ1v) is 8.32. The van der Waals surface area contributed by atoms with Gasteiger partial charge in [-0.05, 0) is 18.2 Å². The van der Waals surface area contributed by atoms with Gasteiger partial charge in [0.1, 0.15) is 5.69 Å². The fourth-order valence-electron chi connectivity index (χ4n) is 2.75. The highest BCUT2D eigenvalue weighted by molar-refractivity contribution is 6.42. The van der Waals surface area contributed by atoms with Crippen LogP contribution in [0.2, 0.25) is 10.0 Å².